The van der Waals surface area contributed by atoms with E-state index in [1.54, 1.807) is 14.2 Å². The molecule has 1 aliphatic rings. The molecule has 0 saturated heterocycles. The van der Waals surface area contributed by atoms with Gasteiger partial charge in [-0.15, -0.1) is 0 Å². The highest BCUT2D eigenvalue weighted by molar-refractivity contribution is 5.79. The minimum absolute atomic E-state index is 0.372. The molecule has 1 fully saturated rings. The number of guanidine groups is 1. The van der Waals surface area contributed by atoms with Gasteiger partial charge in [0.25, 0.3) is 0 Å². The zero-order valence-corrected chi connectivity index (χ0v) is 15.9. The van der Waals surface area contributed by atoms with Gasteiger partial charge in [-0.1, -0.05) is 25.0 Å². The predicted molar refractivity (Wildman–Crippen MR) is 103 cm³/mol. The van der Waals surface area contributed by atoms with Gasteiger partial charge in [-0.3, -0.25) is 4.99 Å². The van der Waals surface area contributed by atoms with Crippen LogP contribution in [0, 0.1) is 5.92 Å². The number of benzene rings is 1. The predicted octanol–water partition coefficient (Wildman–Crippen LogP) is 3.35. The van der Waals surface area contributed by atoms with E-state index < -0.39 is 0 Å². The van der Waals surface area contributed by atoms with Crippen LogP contribution in [0.4, 0.5) is 0 Å². The summed E-state index contributed by atoms with van der Waals surface area (Å²) in [6.45, 7) is 4.47. The standard InChI is InChI=1S/C20H33N3O2/c1-4-25-19(17-9-5-6-10-17)12-13-22-20(21-2)23-15-16-8-7-11-18(14-16)24-3/h7-8,11,14,17,19H,4-6,9-10,12-13,15H2,1-3H3,(H2,21,22,23). The first-order valence-corrected chi connectivity index (χ1v) is 9.45. The van der Waals surface area contributed by atoms with Crippen LogP contribution in [-0.4, -0.2) is 39.4 Å². The van der Waals surface area contributed by atoms with Gasteiger partial charge in [-0.25, -0.2) is 0 Å². The normalized spacial score (nSPS) is 16.7. The Morgan fingerprint density at radius 3 is 2.76 bits per heavy atom. The maximum absolute atomic E-state index is 5.98. The van der Waals surface area contributed by atoms with E-state index in [-0.39, 0.29) is 0 Å². The lowest BCUT2D eigenvalue weighted by molar-refractivity contribution is 0.0169. The van der Waals surface area contributed by atoms with Crippen molar-refractivity contribution >= 4 is 5.96 Å². The fourth-order valence-electron chi connectivity index (χ4n) is 3.52. The molecular formula is C20H33N3O2. The lowest BCUT2D eigenvalue weighted by Crippen LogP contribution is -2.39. The van der Waals surface area contributed by atoms with Crippen molar-refractivity contribution in [2.75, 3.05) is 27.3 Å². The summed E-state index contributed by atoms with van der Waals surface area (Å²) in [6.07, 6.45) is 6.73. The molecule has 0 bridgehead atoms. The molecule has 2 N–H and O–H groups in total. The van der Waals surface area contributed by atoms with Crippen LogP contribution in [0.3, 0.4) is 0 Å². The van der Waals surface area contributed by atoms with Gasteiger partial charge in [0.2, 0.25) is 0 Å². The molecule has 0 radical (unpaired) electrons. The molecule has 1 saturated carbocycles. The number of aliphatic imine (C=N–C) groups is 1. The topological polar surface area (TPSA) is 54.9 Å². The number of hydrogen-bond donors (Lipinski definition) is 2. The SMILES string of the molecule is CCOC(CCNC(=NC)NCc1cccc(OC)c1)C1CCCC1. The van der Waals surface area contributed by atoms with Crippen LogP contribution < -0.4 is 15.4 Å². The molecular weight excluding hydrogens is 314 g/mol. The van der Waals surface area contributed by atoms with Gasteiger partial charge in [0.1, 0.15) is 5.75 Å². The maximum Gasteiger partial charge on any atom is 0.191 e. The number of nitrogens with zero attached hydrogens (tertiary/aromatic N) is 1. The molecule has 1 aromatic rings. The van der Waals surface area contributed by atoms with Gasteiger partial charge in [0, 0.05) is 26.7 Å². The van der Waals surface area contributed by atoms with E-state index in [2.05, 4.69) is 28.6 Å². The Bertz CT molecular complexity index is 527. The highest BCUT2D eigenvalue weighted by Crippen LogP contribution is 2.30. The molecule has 5 nitrogen and oxygen atoms in total. The monoisotopic (exact) mass is 347 g/mol. The van der Waals surface area contributed by atoms with Gasteiger partial charge in [-0.05, 0) is 49.8 Å². The molecule has 1 aliphatic carbocycles. The number of nitrogens with one attached hydrogen (secondary N) is 2. The lowest BCUT2D eigenvalue weighted by atomic mass is 9.98. The van der Waals surface area contributed by atoms with E-state index in [1.807, 2.05) is 18.2 Å². The van der Waals surface area contributed by atoms with Gasteiger partial charge in [0.15, 0.2) is 5.96 Å². The van der Waals surface area contributed by atoms with Crippen LogP contribution in [0.5, 0.6) is 5.75 Å². The Kier molecular flexibility index (Phi) is 8.60. The van der Waals surface area contributed by atoms with E-state index in [0.29, 0.717) is 12.6 Å². The fourth-order valence-corrected chi connectivity index (χ4v) is 3.52. The third-order valence-electron chi connectivity index (χ3n) is 4.85. The minimum Gasteiger partial charge on any atom is -0.497 e. The maximum atomic E-state index is 5.98. The van der Waals surface area contributed by atoms with Crippen molar-refractivity contribution in [3.8, 4) is 5.75 Å². The quantitative estimate of drug-likeness (QED) is 0.531. The molecule has 5 heteroatoms. The van der Waals surface area contributed by atoms with E-state index in [0.717, 1.165) is 37.2 Å². The lowest BCUT2D eigenvalue weighted by Gasteiger charge is -2.24. The largest absolute Gasteiger partial charge is 0.497 e. The van der Waals surface area contributed by atoms with Crippen LogP contribution in [0.1, 0.15) is 44.6 Å². The summed E-state index contributed by atoms with van der Waals surface area (Å²) in [5, 5.41) is 6.76. The second-order valence-corrected chi connectivity index (χ2v) is 6.53. The molecule has 2 rings (SSSR count). The van der Waals surface area contributed by atoms with Crippen molar-refractivity contribution in [3.63, 3.8) is 0 Å². The van der Waals surface area contributed by atoms with E-state index in [9.17, 15) is 0 Å². The molecule has 140 valence electrons. The Labute approximate surface area is 152 Å². The van der Waals surface area contributed by atoms with Crippen molar-refractivity contribution in [1.82, 2.24) is 10.6 Å². The third-order valence-corrected chi connectivity index (χ3v) is 4.85. The first kappa shape index (κ1) is 19.6. The van der Waals surface area contributed by atoms with Crippen molar-refractivity contribution in [2.45, 2.75) is 51.7 Å². The zero-order chi connectivity index (χ0) is 17.9. The average molecular weight is 348 g/mol. The zero-order valence-electron chi connectivity index (χ0n) is 15.9. The van der Waals surface area contributed by atoms with Gasteiger partial charge < -0.3 is 20.1 Å². The molecule has 25 heavy (non-hydrogen) atoms. The van der Waals surface area contributed by atoms with Crippen LogP contribution in [0.25, 0.3) is 0 Å². The number of hydrogen-bond acceptors (Lipinski definition) is 3. The highest BCUT2D eigenvalue weighted by Gasteiger charge is 2.25. The van der Waals surface area contributed by atoms with Crippen LogP contribution in [-0.2, 0) is 11.3 Å². The Morgan fingerprint density at radius 1 is 1.28 bits per heavy atom. The summed E-state index contributed by atoms with van der Waals surface area (Å²) in [5.41, 5.74) is 1.17. The summed E-state index contributed by atoms with van der Waals surface area (Å²) in [5.74, 6) is 2.43. The van der Waals surface area contributed by atoms with Gasteiger partial charge in [0.05, 0.1) is 13.2 Å². The Hall–Kier alpha value is -1.75. The molecule has 1 atom stereocenters. The summed E-state index contributed by atoms with van der Waals surface area (Å²) in [7, 11) is 3.49. The first-order chi connectivity index (χ1) is 12.3. The summed E-state index contributed by atoms with van der Waals surface area (Å²) in [4.78, 5) is 4.31. The molecule has 0 aliphatic heterocycles. The van der Waals surface area contributed by atoms with Crippen LogP contribution in [0.2, 0.25) is 0 Å². The van der Waals surface area contributed by atoms with Crippen molar-refractivity contribution in [1.29, 1.82) is 0 Å². The fraction of sp³-hybridized carbons (Fsp3) is 0.650. The number of ether oxygens (including phenoxy) is 2. The van der Waals surface area contributed by atoms with Crippen LogP contribution in [0.15, 0.2) is 29.3 Å². The van der Waals surface area contributed by atoms with Crippen molar-refractivity contribution in [3.05, 3.63) is 29.8 Å². The minimum atomic E-state index is 0.372. The average Bonchev–Trinajstić information content (AvgIpc) is 3.18. The molecule has 0 spiro atoms. The van der Waals surface area contributed by atoms with Gasteiger partial charge >= 0.3 is 0 Å². The number of methoxy groups -OCH3 is 1. The first-order valence-electron chi connectivity index (χ1n) is 9.45. The van der Waals surface area contributed by atoms with Crippen LogP contribution >= 0.6 is 0 Å². The number of rotatable bonds is 9. The second kappa shape index (κ2) is 11.0. The molecule has 0 aromatic heterocycles. The third kappa shape index (κ3) is 6.58. The summed E-state index contributed by atoms with van der Waals surface area (Å²) >= 11 is 0. The second-order valence-electron chi connectivity index (χ2n) is 6.53. The van der Waals surface area contributed by atoms with Crippen molar-refractivity contribution in [2.24, 2.45) is 10.9 Å². The highest BCUT2D eigenvalue weighted by atomic mass is 16.5. The summed E-state index contributed by atoms with van der Waals surface area (Å²) < 4.78 is 11.2. The molecule has 1 aromatic carbocycles. The van der Waals surface area contributed by atoms with E-state index in [1.165, 1.54) is 31.2 Å². The van der Waals surface area contributed by atoms with E-state index >= 15 is 0 Å². The van der Waals surface area contributed by atoms with E-state index in [4.69, 9.17) is 9.47 Å². The Morgan fingerprint density at radius 2 is 2.08 bits per heavy atom. The van der Waals surface area contributed by atoms with Crippen molar-refractivity contribution < 1.29 is 9.47 Å². The van der Waals surface area contributed by atoms with Gasteiger partial charge in [-0.2, -0.15) is 0 Å². The smallest absolute Gasteiger partial charge is 0.191 e. The molecule has 1 unspecified atom stereocenters. The molecule has 0 heterocycles. The molecule has 0 amide bonds. The Balaban J connectivity index is 1.75. The summed E-state index contributed by atoms with van der Waals surface area (Å²) in [6, 6.07) is 8.06.